The van der Waals surface area contributed by atoms with E-state index in [-0.39, 0.29) is 6.61 Å². The van der Waals surface area contributed by atoms with Crippen molar-refractivity contribution < 1.29 is 5.11 Å². The van der Waals surface area contributed by atoms with Gasteiger partial charge >= 0.3 is 0 Å². The largest absolute Gasteiger partial charge is 0.395 e. The minimum Gasteiger partial charge on any atom is -0.395 e. The number of aliphatic hydroxyl groups excluding tert-OH is 1. The van der Waals surface area contributed by atoms with Crippen molar-refractivity contribution in [3.8, 4) is 0 Å². The minimum atomic E-state index is 0.289. The van der Waals surface area contributed by atoms with E-state index in [1.807, 2.05) is 0 Å². The van der Waals surface area contributed by atoms with Gasteiger partial charge in [0.1, 0.15) is 0 Å². The fourth-order valence-electron chi connectivity index (χ4n) is 0.951. The molecule has 0 amide bonds. The molecule has 0 saturated carbocycles. The SMILES string of the molecule is CCCCN(CC)CCO. The molecule has 0 aromatic rings. The third-order valence-electron chi connectivity index (χ3n) is 1.69. The first-order valence-electron chi connectivity index (χ1n) is 4.18. The van der Waals surface area contributed by atoms with Crippen LogP contribution in [0.15, 0.2) is 0 Å². The molecule has 2 nitrogen and oxygen atoms in total. The fraction of sp³-hybridized carbons (Fsp3) is 1.00. The molecule has 0 rings (SSSR count). The molecule has 0 aliphatic heterocycles. The van der Waals surface area contributed by atoms with E-state index in [0.717, 1.165) is 19.6 Å². The van der Waals surface area contributed by atoms with Gasteiger partial charge in [-0.05, 0) is 19.5 Å². The van der Waals surface area contributed by atoms with Crippen molar-refractivity contribution in [3.63, 3.8) is 0 Å². The maximum Gasteiger partial charge on any atom is 0.0558 e. The zero-order valence-electron chi connectivity index (χ0n) is 7.14. The van der Waals surface area contributed by atoms with Gasteiger partial charge in [0.15, 0.2) is 0 Å². The Morgan fingerprint density at radius 1 is 1.20 bits per heavy atom. The maximum atomic E-state index is 8.63. The Labute approximate surface area is 63.8 Å². The lowest BCUT2D eigenvalue weighted by molar-refractivity contribution is 0.200. The van der Waals surface area contributed by atoms with E-state index in [2.05, 4.69) is 18.7 Å². The fourth-order valence-corrected chi connectivity index (χ4v) is 0.951. The molecule has 0 aliphatic rings. The predicted octanol–water partition coefficient (Wildman–Crippen LogP) is 1.10. The quantitative estimate of drug-likeness (QED) is 0.605. The van der Waals surface area contributed by atoms with Crippen LogP contribution in [0.2, 0.25) is 0 Å². The van der Waals surface area contributed by atoms with Gasteiger partial charge in [0.25, 0.3) is 0 Å². The minimum absolute atomic E-state index is 0.289. The van der Waals surface area contributed by atoms with E-state index in [9.17, 15) is 0 Å². The van der Waals surface area contributed by atoms with Crippen LogP contribution >= 0.6 is 0 Å². The summed E-state index contributed by atoms with van der Waals surface area (Å²) in [5, 5.41) is 8.63. The van der Waals surface area contributed by atoms with Crippen LogP contribution in [0, 0.1) is 0 Å². The van der Waals surface area contributed by atoms with Gasteiger partial charge in [-0.3, -0.25) is 0 Å². The Morgan fingerprint density at radius 3 is 2.30 bits per heavy atom. The van der Waals surface area contributed by atoms with Crippen LogP contribution < -0.4 is 0 Å². The third kappa shape index (κ3) is 4.77. The van der Waals surface area contributed by atoms with Gasteiger partial charge in [-0.1, -0.05) is 20.3 Å². The number of hydrogen-bond donors (Lipinski definition) is 1. The van der Waals surface area contributed by atoms with Crippen molar-refractivity contribution in [2.24, 2.45) is 0 Å². The van der Waals surface area contributed by atoms with Crippen LogP contribution in [0.1, 0.15) is 26.7 Å². The molecular formula is C8H19NO. The summed E-state index contributed by atoms with van der Waals surface area (Å²) in [5.74, 6) is 0. The smallest absolute Gasteiger partial charge is 0.0558 e. The molecule has 62 valence electrons. The summed E-state index contributed by atoms with van der Waals surface area (Å²) in [7, 11) is 0. The van der Waals surface area contributed by atoms with Crippen LogP contribution in [0.5, 0.6) is 0 Å². The Hall–Kier alpha value is -0.0800. The van der Waals surface area contributed by atoms with Gasteiger partial charge < -0.3 is 10.0 Å². The van der Waals surface area contributed by atoms with E-state index < -0.39 is 0 Å². The molecule has 2 heteroatoms. The van der Waals surface area contributed by atoms with Crippen molar-refractivity contribution in [2.45, 2.75) is 26.7 Å². The summed E-state index contributed by atoms with van der Waals surface area (Å²) in [5.41, 5.74) is 0. The average molecular weight is 145 g/mol. The summed E-state index contributed by atoms with van der Waals surface area (Å²) in [6, 6.07) is 0. The highest BCUT2D eigenvalue weighted by Gasteiger charge is 1.97. The van der Waals surface area contributed by atoms with E-state index in [1.165, 1.54) is 12.8 Å². The molecule has 0 bridgehead atoms. The molecule has 0 unspecified atom stereocenters. The molecule has 0 spiro atoms. The Morgan fingerprint density at radius 2 is 1.90 bits per heavy atom. The number of likely N-dealkylation sites (N-methyl/N-ethyl adjacent to an activating group) is 1. The standard InChI is InChI=1S/C8H19NO/c1-3-5-6-9(4-2)7-8-10/h10H,3-8H2,1-2H3. The maximum absolute atomic E-state index is 8.63. The first-order chi connectivity index (χ1) is 4.85. The second-order valence-electron chi connectivity index (χ2n) is 2.51. The summed E-state index contributed by atoms with van der Waals surface area (Å²) < 4.78 is 0. The van der Waals surface area contributed by atoms with Gasteiger partial charge in [0.2, 0.25) is 0 Å². The molecule has 0 heterocycles. The highest BCUT2D eigenvalue weighted by Crippen LogP contribution is 1.92. The van der Waals surface area contributed by atoms with Crippen molar-refractivity contribution in [3.05, 3.63) is 0 Å². The number of aliphatic hydroxyl groups is 1. The molecule has 0 saturated heterocycles. The normalized spacial score (nSPS) is 10.8. The van der Waals surface area contributed by atoms with E-state index in [4.69, 9.17) is 5.11 Å². The number of hydrogen-bond acceptors (Lipinski definition) is 2. The van der Waals surface area contributed by atoms with Crippen LogP contribution in [0.25, 0.3) is 0 Å². The molecule has 10 heavy (non-hydrogen) atoms. The molecule has 0 fully saturated rings. The molecule has 0 aliphatic carbocycles. The number of nitrogens with zero attached hydrogens (tertiary/aromatic N) is 1. The lowest BCUT2D eigenvalue weighted by Gasteiger charge is -2.17. The topological polar surface area (TPSA) is 23.5 Å². The Bertz CT molecular complexity index is 66.3. The van der Waals surface area contributed by atoms with Crippen LogP contribution in [-0.4, -0.2) is 36.2 Å². The van der Waals surface area contributed by atoms with Gasteiger partial charge in [-0.25, -0.2) is 0 Å². The Balaban J connectivity index is 3.21. The van der Waals surface area contributed by atoms with Crippen LogP contribution in [0.4, 0.5) is 0 Å². The van der Waals surface area contributed by atoms with Crippen molar-refractivity contribution in [2.75, 3.05) is 26.2 Å². The molecule has 0 aromatic heterocycles. The van der Waals surface area contributed by atoms with E-state index in [0.29, 0.717) is 0 Å². The highest BCUT2D eigenvalue weighted by atomic mass is 16.3. The summed E-state index contributed by atoms with van der Waals surface area (Å²) >= 11 is 0. The van der Waals surface area contributed by atoms with E-state index >= 15 is 0 Å². The summed E-state index contributed by atoms with van der Waals surface area (Å²) in [4.78, 5) is 2.27. The first kappa shape index (κ1) is 9.92. The zero-order valence-corrected chi connectivity index (χ0v) is 7.14. The average Bonchev–Trinajstić information content (AvgIpc) is 1.98. The van der Waals surface area contributed by atoms with Gasteiger partial charge in [0, 0.05) is 6.54 Å². The summed E-state index contributed by atoms with van der Waals surface area (Å²) in [6.07, 6.45) is 2.48. The third-order valence-corrected chi connectivity index (χ3v) is 1.69. The zero-order chi connectivity index (χ0) is 7.82. The Kier molecular flexibility index (Phi) is 6.98. The second kappa shape index (κ2) is 7.03. The number of unbranched alkanes of at least 4 members (excludes halogenated alkanes) is 1. The van der Waals surface area contributed by atoms with Gasteiger partial charge in [0.05, 0.1) is 6.61 Å². The van der Waals surface area contributed by atoms with Crippen molar-refractivity contribution >= 4 is 0 Å². The van der Waals surface area contributed by atoms with Crippen LogP contribution in [-0.2, 0) is 0 Å². The molecule has 0 atom stereocenters. The lowest BCUT2D eigenvalue weighted by atomic mass is 10.3. The molecular weight excluding hydrogens is 126 g/mol. The van der Waals surface area contributed by atoms with Crippen molar-refractivity contribution in [1.29, 1.82) is 0 Å². The lowest BCUT2D eigenvalue weighted by Crippen LogP contribution is -2.27. The van der Waals surface area contributed by atoms with Gasteiger partial charge in [-0.2, -0.15) is 0 Å². The van der Waals surface area contributed by atoms with Gasteiger partial charge in [-0.15, -0.1) is 0 Å². The van der Waals surface area contributed by atoms with Crippen molar-refractivity contribution in [1.82, 2.24) is 4.90 Å². The predicted molar refractivity (Wildman–Crippen MR) is 44.1 cm³/mol. The molecule has 0 radical (unpaired) electrons. The second-order valence-corrected chi connectivity index (χ2v) is 2.51. The molecule has 1 N–H and O–H groups in total. The number of rotatable bonds is 6. The highest BCUT2D eigenvalue weighted by molar-refractivity contribution is 4.52. The monoisotopic (exact) mass is 145 g/mol. The van der Waals surface area contributed by atoms with Crippen LogP contribution in [0.3, 0.4) is 0 Å². The first-order valence-corrected chi connectivity index (χ1v) is 4.18. The molecule has 0 aromatic carbocycles. The van der Waals surface area contributed by atoms with E-state index in [1.54, 1.807) is 0 Å². The summed E-state index contributed by atoms with van der Waals surface area (Å²) in [6.45, 7) is 7.63.